The Morgan fingerprint density at radius 3 is 1.94 bits per heavy atom. The van der Waals surface area contributed by atoms with Crippen LogP contribution in [0.15, 0.2) is 0 Å². The lowest BCUT2D eigenvalue weighted by Crippen LogP contribution is -2.29. The van der Waals surface area contributed by atoms with Gasteiger partial charge in [0.25, 0.3) is 0 Å². The monoisotopic (exact) mass is 232 g/mol. The van der Waals surface area contributed by atoms with E-state index in [1.165, 1.54) is 0 Å². The van der Waals surface area contributed by atoms with Crippen molar-refractivity contribution in [1.29, 1.82) is 0 Å². The SMILES string of the molecule is CC(C1CC2CCC(C2)C1)C1CC2CCC1C2. The van der Waals surface area contributed by atoms with Gasteiger partial charge >= 0.3 is 0 Å². The van der Waals surface area contributed by atoms with Gasteiger partial charge in [-0.15, -0.1) is 0 Å². The Bertz CT molecular complexity index is 282. The molecule has 6 atom stereocenters. The Hall–Kier alpha value is 0. The molecule has 96 valence electrons. The van der Waals surface area contributed by atoms with Crippen LogP contribution in [-0.4, -0.2) is 0 Å². The molecule has 0 spiro atoms. The van der Waals surface area contributed by atoms with Crippen molar-refractivity contribution >= 4 is 0 Å². The molecule has 4 rings (SSSR count). The number of hydrogen-bond donors (Lipinski definition) is 0. The van der Waals surface area contributed by atoms with E-state index in [1.807, 2.05) is 0 Å². The van der Waals surface area contributed by atoms with E-state index in [4.69, 9.17) is 0 Å². The fourth-order valence-corrected chi connectivity index (χ4v) is 6.28. The molecule has 0 heterocycles. The van der Waals surface area contributed by atoms with Gasteiger partial charge in [0.05, 0.1) is 0 Å². The maximum absolute atomic E-state index is 2.63. The van der Waals surface area contributed by atoms with E-state index in [9.17, 15) is 0 Å². The molecule has 0 aliphatic heterocycles. The fourth-order valence-electron chi connectivity index (χ4n) is 6.28. The normalized spacial score (nSPS) is 54.2. The van der Waals surface area contributed by atoms with Crippen LogP contribution in [-0.2, 0) is 0 Å². The lowest BCUT2D eigenvalue weighted by atomic mass is 9.67. The summed E-state index contributed by atoms with van der Waals surface area (Å²) in [6, 6.07) is 0. The Balaban J connectivity index is 1.44. The zero-order valence-electron chi connectivity index (χ0n) is 11.4. The number of hydrogen-bond acceptors (Lipinski definition) is 0. The summed E-state index contributed by atoms with van der Waals surface area (Å²) in [5.74, 6) is 7.89. The van der Waals surface area contributed by atoms with Gasteiger partial charge in [0.15, 0.2) is 0 Å². The summed E-state index contributed by atoms with van der Waals surface area (Å²) < 4.78 is 0. The molecular formula is C17H28. The summed E-state index contributed by atoms with van der Waals surface area (Å²) in [4.78, 5) is 0. The molecule has 0 saturated heterocycles. The predicted molar refractivity (Wildman–Crippen MR) is 71.7 cm³/mol. The average molecular weight is 232 g/mol. The molecule has 6 unspecified atom stereocenters. The van der Waals surface area contributed by atoms with E-state index >= 15 is 0 Å². The average Bonchev–Trinajstić information content (AvgIpc) is 3.04. The van der Waals surface area contributed by atoms with Crippen molar-refractivity contribution in [3.63, 3.8) is 0 Å². The van der Waals surface area contributed by atoms with Gasteiger partial charge < -0.3 is 0 Å². The summed E-state index contributed by atoms with van der Waals surface area (Å²) in [5, 5.41) is 0. The molecule has 0 amide bonds. The molecule has 4 aliphatic carbocycles. The first-order valence-corrected chi connectivity index (χ1v) is 8.29. The third-order valence-electron chi connectivity index (χ3n) is 7.13. The van der Waals surface area contributed by atoms with Crippen molar-refractivity contribution < 1.29 is 0 Å². The molecule has 0 aromatic heterocycles. The molecule has 0 aromatic carbocycles. The van der Waals surface area contributed by atoms with E-state index in [2.05, 4.69) is 6.92 Å². The molecule has 0 nitrogen and oxygen atoms in total. The molecule has 4 bridgehead atoms. The third-order valence-corrected chi connectivity index (χ3v) is 7.13. The molecule has 0 N–H and O–H groups in total. The fraction of sp³-hybridized carbons (Fsp3) is 1.00. The second-order valence-electron chi connectivity index (χ2n) is 7.97. The van der Waals surface area contributed by atoms with Crippen LogP contribution in [0.2, 0.25) is 0 Å². The van der Waals surface area contributed by atoms with Crippen LogP contribution in [0.4, 0.5) is 0 Å². The highest BCUT2D eigenvalue weighted by molar-refractivity contribution is 4.95. The van der Waals surface area contributed by atoms with E-state index in [1.54, 1.807) is 57.8 Å². The Morgan fingerprint density at radius 1 is 0.706 bits per heavy atom. The topological polar surface area (TPSA) is 0 Å². The molecule has 0 radical (unpaired) electrons. The lowest BCUT2D eigenvalue weighted by molar-refractivity contribution is 0.119. The van der Waals surface area contributed by atoms with Crippen LogP contribution in [0.25, 0.3) is 0 Å². The van der Waals surface area contributed by atoms with Crippen LogP contribution in [0, 0.1) is 41.4 Å². The van der Waals surface area contributed by atoms with E-state index in [-0.39, 0.29) is 0 Å². The predicted octanol–water partition coefficient (Wildman–Crippen LogP) is 4.89. The second kappa shape index (κ2) is 4.00. The third kappa shape index (κ3) is 1.78. The van der Waals surface area contributed by atoms with Crippen molar-refractivity contribution in [1.82, 2.24) is 0 Å². The van der Waals surface area contributed by atoms with Gasteiger partial charge in [-0.2, -0.15) is 0 Å². The second-order valence-corrected chi connectivity index (χ2v) is 7.97. The number of fused-ring (bicyclic) bond motifs is 4. The van der Waals surface area contributed by atoms with Gasteiger partial charge in [-0.3, -0.25) is 0 Å². The molecule has 0 heteroatoms. The van der Waals surface area contributed by atoms with Crippen molar-refractivity contribution in [2.24, 2.45) is 41.4 Å². The minimum atomic E-state index is 1.06. The van der Waals surface area contributed by atoms with Gasteiger partial charge in [0.1, 0.15) is 0 Å². The summed E-state index contributed by atoms with van der Waals surface area (Å²) in [6.45, 7) is 2.63. The first-order valence-electron chi connectivity index (χ1n) is 8.29. The molecular weight excluding hydrogens is 204 g/mol. The Kier molecular flexibility index (Phi) is 2.56. The van der Waals surface area contributed by atoms with Crippen LogP contribution >= 0.6 is 0 Å². The summed E-state index contributed by atoms with van der Waals surface area (Å²) in [7, 11) is 0. The zero-order chi connectivity index (χ0) is 11.4. The van der Waals surface area contributed by atoms with Gasteiger partial charge in [-0.25, -0.2) is 0 Å². The van der Waals surface area contributed by atoms with Crippen LogP contribution < -0.4 is 0 Å². The standard InChI is InChI=1S/C17H28/c1-11(17-10-14-4-5-15(17)7-14)16-8-12-2-3-13(6-12)9-16/h11-17H,2-10H2,1H3. The molecule has 0 aromatic rings. The highest BCUT2D eigenvalue weighted by atomic mass is 14.5. The maximum atomic E-state index is 2.63. The van der Waals surface area contributed by atoms with Gasteiger partial charge in [0.2, 0.25) is 0 Å². The van der Waals surface area contributed by atoms with Crippen molar-refractivity contribution in [3.8, 4) is 0 Å². The number of rotatable bonds is 2. The highest BCUT2D eigenvalue weighted by Crippen LogP contribution is 2.55. The Labute approximate surface area is 107 Å². The first-order chi connectivity index (χ1) is 8.29. The minimum absolute atomic E-state index is 1.06. The van der Waals surface area contributed by atoms with Gasteiger partial charge in [-0.05, 0) is 80.0 Å². The van der Waals surface area contributed by atoms with Crippen LogP contribution in [0.3, 0.4) is 0 Å². The van der Waals surface area contributed by atoms with E-state index < -0.39 is 0 Å². The first kappa shape index (κ1) is 10.9. The maximum Gasteiger partial charge on any atom is -0.0355 e. The van der Waals surface area contributed by atoms with Crippen molar-refractivity contribution in [2.45, 2.75) is 64.7 Å². The summed E-state index contributed by atoms with van der Waals surface area (Å²) >= 11 is 0. The lowest BCUT2D eigenvalue weighted by Gasteiger charge is -2.38. The molecule has 4 aliphatic rings. The van der Waals surface area contributed by atoms with Crippen molar-refractivity contribution in [2.75, 3.05) is 0 Å². The van der Waals surface area contributed by atoms with Crippen LogP contribution in [0.5, 0.6) is 0 Å². The zero-order valence-corrected chi connectivity index (χ0v) is 11.4. The highest BCUT2D eigenvalue weighted by Gasteiger charge is 2.45. The minimum Gasteiger partial charge on any atom is -0.0620 e. The molecule has 4 fully saturated rings. The smallest absolute Gasteiger partial charge is 0.0355 e. The van der Waals surface area contributed by atoms with Crippen molar-refractivity contribution in [3.05, 3.63) is 0 Å². The molecule has 17 heavy (non-hydrogen) atoms. The summed E-state index contributed by atoms with van der Waals surface area (Å²) in [5.41, 5.74) is 0. The van der Waals surface area contributed by atoms with E-state index in [0.717, 1.165) is 41.4 Å². The van der Waals surface area contributed by atoms with Gasteiger partial charge in [0, 0.05) is 0 Å². The van der Waals surface area contributed by atoms with Gasteiger partial charge in [-0.1, -0.05) is 26.2 Å². The summed E-state index contributed by atoms with van der Waals surface area (Å²) in [6.07, 6.45) is 14.3. The molecule has 4 saturated carbocycles. The van der Waals surface area contributed by atoms with Crippen LogP contribution in [0.1, 0.15) is 64.7 Å². The quantitative estimate of drug-likeness (QED) is 0.636. The van der Waals surface area contributed by atoms with E-state index in [0.29, 0.717) is 0 Å². The Morgan fingerprint density at radius 2 is 1.35 bits per heavy atom. The largest absolute Gasteiger partial charge is 0.0620 e.